The minimum absolute atomic E-state index is 0. The van der Waals surface area contributed by atoms with Crippen molar-refractivity contribution in [2.45, 2.75) is 20.8 Å². The molecule has 0 saturated carbocycles. The van der Waals surface area contributed by atoms with Crippen LogP contribution >= 0.6 is 0 Å². The molecule has 4 aromatic rings. The van der Waals surface area contributed by atoms with E-state index >= 15 is 0 Å². The summed E-state index contributed by atoms with van der Waals surface area (Å²) in [7, 11) is 0. The van der Waals surface area contributed by atoms with Crippen LogP contribution in [-0.2, 0) is 24.2 Å². The molecular formula is C22H22Cl2Zr-2. The summed E-state index contributed by atoms with van der Waals surface area (Å²) < 4.78 is 1.51. The predicted molar refractivity (Wildman–Crippen MR) is 100 cm³/mol. The normalized spacial score (nSPS) is 9.00. The van der Waals surface area contributed by atoms with Crippen molar-refractivity contribution in [3.63, 3.8) is 0 Å². The van der Waals surface area contributed by atoms with Crippen molar-refractivity contribution >= 4 is 24.8 Å². The molecule has 0 atom stereocenters. The number of halogens is 2. The smallest absolute Gasteiger partial charge is 0.0748 e. The van der Waals surface area contributed by atoms with Crippen LogP contribution < -0.4 is 24.8 Å². The van der Waals surface area contributed by atoms with Crippen LogP contribution in [0.25, 0.3) is 21.5 Å². The molecule has 3 heteroatoms. The van der Waals surface area contributed by atoms with Crippen LogP contribution in [0, 0.1) is 6.92 Å². The van der Waals surface area contributed by atoms with E-state index in [1.165, 1.54) is 30.3 Å². The molecular weight excluding hydrogens is 426 g/mol. The maximum atomic E-state index is 2.16. The van der Waals surface area contributed by atoms with E-state index in [1.54, 1.807) is 24.2 Å². The van der Waals surface area contributed by atoms with E-state index in [0.717, 1.165) is 0 Å². The van der Waals surface area contributed by atoms with Crippen molar-refractivity contribution in [3.8, 4) is 0 Å². The Labute approximate surface area is 178 Å². The third-order valence-electron chi connectivity index (χ3n) is 3.45. The number of hydrogen-bond donors (Lipinski definition) is 0. The zero-order valence-electron chi connectivity index (χ0n) is 14.8. The molecule has 4 rings (SSSR count). The Morgan fingerprint density at radius 1 is 0.840 bits per heavy atom. The summed E-state index contributed by atoms with van der Waals surface area (Å²) in [6.07, 6.45) is 0. The summed E-state index contributed by atoms with van der Waals surface area (Å²) in [5.41, 5.74) is 1.37. The van der Waals surface area contributed by atoms with E-state index in [2.05, 4.69) is 99.6 Å². The van der Waals surface area contributed by atoms with Gasteiger partial charge in [0.1, 0.15) is 0 Å². The van der Waals surface area contributed by atoms with Gasteiger partial charge in [0.2, 0.25) is 0 Å². The van der Waals surface area contributed by atoms with Gasteiger partial charge in [0.25, 0.3) is 0 Å². The first kappa shape index (κ1) is 24.0. The van der Waals surface area contributed by atoms with Gasteiger partial charge in [0, 0.05) is 0 Å². The summed E-state index contributed by atoms with van der Waals surface area (Å²) in [6, 6.07) is 27.4. The monoisotopic (exact) mass is 446 g/mol. The Bertz CT molecular complexity index is 853. The second-order valence-electron chi connectivity index (χ2n) is 5.76. The maximum absolute atomic E-state index is 2.16. The number of benzene rings is 2. The molecule has 0 aliphatic heterocycles. The number of rotatable bonds is 0. The van der Waals surface area contributed by atoms with Gasteiger partial charge in [-0.3, -0.25) is 0 Å². The topological polar surface area (TPSA) is 0 Å². The van der Waals surface area contributed by atoms with Crippen LogP contribution in [0.1, 0.15) is 19.4 Å². The predicted octanol–water partition coefficient (Wildman–Crippen LogP) is 0.179. The minimum atomic E-state index is 0. The summed E-state index contributed by atoms with van der Waals surface area (Å²) in [5, 5.41) is 5.39. The molecule has 130 valence electrons. The molecule has 4 aromatic carbocycles. The quantitative estimate of drug-likeness (QED) is 0.337. The second-order valence-corrected chi connectivity index (χ2v) is 8.22. The van der Waals surface area contributed by atoms with E-state index in [-0.39, 0.29) is 24.8 Å². The standard InChI is InChI=1S/C10H9.C9H7.C3H6.2ClH.Zr/c1-8-6-7-9-4-2-3-5-10(8)9;1-2-5-9-7-3-6-8(9)4-1;1-3-2;;;/h2-7H,1H3;1-7H;1-2H3;2*1H;/q2*-1;;;;+2/p-2. The second kappa shape index (κ2) is 12.4. The Morgan fingerprint density at radius 3 is 2.00 bits per heavy atom. The molecule has 0 bridgehead atoms. The summed E-state index contributed by atoms with van der Waals surface area (Å²) >= 11 is 1.55. The third-order valence-corrected chi connectivity index (χ3v) is 3.45. The van der Waals surface area contributed by atoms with Crippen molar-refractivity contribution in [1.82, 2.24) is 0 Å². The van der Waals surface area contributed by atoms with Gasteiger partial charge in [-0.25, -0.2) is 0 Å². The fraction of sp³-hybridized carbons (Fsp3) is 0.136. The molecule has 0 nitrogen and oxygen atoms in total. The number of fused-ring (bicyclic) bond motifs is 2. The van der Waals surface area contributed by atoms with Crippen LogP contribution in [0.4, 0.5) is 0 Å². The van der Waals surface area contributed by atoms with E-state index in [9.17, 15) is 0 Å². The first-order valence-corrected chi connectivity index (χ1v) is 9.04. The van der Waals surface area contributed by atoms with Crippen molar-refractivity contribution in [1.29, 1.82) is 0 Å². The Balaban J connectivity index is 0.000000360. The molecule has 0 saturated heterocycles. The van der Waals surface area contributed by atoms with Gasteiger partial charge in [-0.15, -0.1) is 64.2 Å². The van der Waals surface area contributed by atoms with Crippen LogP contribution in [0.5, 0.6) is 0 Å². The number of hydrogen-bond acceptors (Lipinski definition) is 0. The molecule has 0 heterocycles. The van der Waals surface area contributed by atoms with Gasteiger partial charge < -0.3 is 24.8 Å². The molecule has 0 N–H and O–H groups in total. The molecule has 0 radical (unpaired) electrons. The van der Waals surface area contributed by atoms with Crippen molar-refractivity contribution in [3.05, 3.63) is 84.4 Å². The largest absolute Gasteiger partial charge is 1.00 e. The van der Waals surface area contributed by atoms with Crippen molar-refractivity contribution in [2.75, 3.05) is 0 Å². The van der Waals surface area contributed by atoms with Crippen LogP contribution in [-0.4, -0.2) is 3.21 Å². The minimum Gasteiger partial charge on any atom is -1.00 e. The molecule has 25 heavy (non-hydrogen) atoms. The Morgan fingerprint density at radius 2 is 1.40 bits per heavy atom. The van der Waals surface area contributed by atoms with Crippen LogP contribution in [0.2, 0.25) is 0 Å². The molecule has 0 fully saturated rings. The summed E-state index contributed by atoms with van der Waals surface area (Å²) in [4.78, 5) is 0. The van der Waals surface area contributed by atoms with Gasteiger partial charge in [-0.05, 0) is 0 Å². The zero-order chi connectivity index (χ0) is 16.7. The molecule has 0 aliphatic rings. The van der Waals surface area contributed by atoms with Crippen LogP contribution in [0.15, 0.2) is 78.9 Å². The van der Waals surface area contributed by atoms with Crippen molar-refractivity contribution in [2.24, 2.45) is 0 Å². The van der Waals surface area contributed by atoms with E-state index < -0.39 is 0 Å². The molecule has 0 spiro atoms. The third kappa shape index (κ3) is 7.82. The van der Waals surface area contributed by atoms with Crippen molar-refractivity contribution < 1.29 is 49.0 Å². The fourth-order valence-electron chi connectivity index (χ4n) is 2.38. The molecule has 0 aliphatic carbocycles. The fourth-order valence-corrected chi connectivity index (χ4v) is 2.38. The summed E-state index contributed by atoms with van der Waals surface area (Å²) in [5.74, 6) is 0. The zero-order valence-corrected chi connectivity index (χ0v) is 18.7. The first-order chi connectivity index (χ1) is 11.1. The average Bonchev–Trinajstić information content (AvgIpc) is 3.15. The van der Waals surface area contributed by atoms with Gasteiger partial charge in [-0.1, -0.05) is 19.1 Å². The van der Waals surface area contributed by atoms with Gasteiger partial charge in [-0.2, -0.15) is 29.7 Å². The Kier molecular flexibility index (Phi) is 11.9. The molecule has 0 amide bonds. The van der Waals surface area contributed by atoms with Gasteiger partial charge >= 0.3 is 41.3 Å². The average molecular weight is 449 g/mol. The summed E-state index contributed by atoms with van der Waals surface area (Å²) in [6.45, 7) is 6.39. The van der Waals surface area contributed by atoms with Gasteiger partial charge in [0.15, 0.2) is 0 Å². The van der Waals surface area contributed by atoms with E-state index in [0.29, 0.717) is 0 Å². The number of aryl methyl sites for hydroxylation is 1. The SMILES string of the molecule is C[C](C)=[Zr+2].C[c-]1ccc2ccccc21.[Cl-].[Cl-].c1ccc2[cH-]ccc2c1. The van der Waals surface area contributed by atoms with E-state index in [1.807, 2.05) is 0 Å². The maximum Gasteiger partial charge on any atom is -0.0748 e. The molecule has 0 unspecified atom stereocenters. The van der Waals surface area contributed by atoms with Gasteiger partial charge in [0.05, 0.1) is 0 Å². The van der Waals surface area contributed by atoms with E-state index in [4.69, 9.17) is 0 Å². The Hall–Kier alpha value is -1.01. The van der Waals surface area contributed by atoms with Crippen LogP contribution in [0.3, 0.4) is 0 Å². The first-order valence-electron chi connectivity index (χ1n) is 7.81. The molecule has 0 aromatic heterocycles.